The number of methoxy groups -OCH3 is 1. The molecule has 0 fully saturated rings. The van der Waals surface area contributed by atoms with Gasteiger partial charge < -0.3 is 15.0 Å². The van der Waals surface area contributed by atoms with Crippen molar-refractivity contribution in [3.63, 3.8) is 0 Å². The van der Waals surface area contributed by atoms with E-state index in [0.29, 0.717) is 5.92 Å². The van der Waals surface area contributed by atoms with Gasteiger partial charge in [-0.1, -0.05) is 25.1 Å². The van der Waals surface area contributed by atoms with Crippen LogP contribution in [0.2, 0.25) is 0 Å². The van der Waals surface area contributed by atoms with Crippen molar-refractivity contribution in [1.82, 2.24) is 4.90 Å². The minimum absolute atomic E-state index is 0.665. The molecule has 3 nitrogen and oxygen atoms in total. The van der Waals surface area contributed by atoms with E-state index in [9.17, 15) is 0 Å². The fourth-order valence-corrected chi connectivity index (χ4v) is 2.60. The monoisotopic (exact) mass is 248 g/mol. The van der Waals surface area contributed by atoms with Crippen LogP contribution in [0.5, 0.6) is 0 Å². The molecule has 1 aliphatic heterocycles. The molecule has 1 heterocycles. The molecule has 0 amide bonds. The van der Waals surface area contributed by atoms with E-state index >= 15 is 0 Å². The normalized spacial score (nSPS) is 17.8. The molecule has 0 aliphatic carbocycles. The molecule has 18 heavy (non-hydrogen) atoms. The van der Waals surface area contributed by atoms with Crippen molar-refractivity contribution >= 4 is 5.69 Å². The molecule has 0 bridgehead atoms. The van der Waals surface area contributed by atoms with Crippen molar-refractivity contribution in [3.05, 3.63) is 29.8 Å². The fraction of sp³-hybridized carbons (Fsp3) is 0.600. The number of nitrogens with one attached hydrogen (secondary N) is 1. The zero-order chi connectivity index (χ0) is 12.8. The lowest BCUT2D eigenvalue weighted by Crippen LogP contribution is -2.29. The number of hydrogen-bond donors (Lipinski definition) is 1. The summed E-state index contributed by atoms with van der Waals surface area (Å²) in [6, 6.07) is 8.68. The van der Waals surface area contributed by atoms with E-state index in [1.54, 1.807) is 7.11 Å². The van der Waals surface area contributed by atoms with Gasteiger partial charge >= 0.3 is 0 Å². The van der Waals surface area contributed by atoms with Gasteiger partial charge in [-0.2, -0.15) is 0 Å². The number of ether oxygens (including phenoxy) is 1. The summed E-state index contributed by atoms with van der Waals surface area (Å²) in [6.07, 6.45) is 1.22. The molecule has 1 atom stereocenters. The van der Waals surface area contributed by atoms with Gasteiger partial charge in [-0.05, 0) is 31.1 Å². The van der Waals surface area contributed by atoms with E-state index < -0.39 is 0 Å². The number of benzene rings is 1. The molecule has 3 heteroatoms. The Balaban J connectivity index is 1.84. The maximum absolute atomic E-state index is 5.15. The van der Waals surface area contributed by atoms with Crippen molar-refractivity contribution in [1.29, 1.82) is 0 Å². The molecule has 0 radical (unpaired) electrons. The lowest BCUT2D eigenvalue weighted by Gasteiger charge is -2.21. The van der Waals surface area contributed by atoms with Gasteiger partial charge in [-0.3, -0.25) is 0 Å². The van der Waals surface area contributed by atoms with Gasteiger partial charge in [0, 0.05) is 31.8 Å². The summed E-state index contributed by atoms with van der Waals surface area (Å²) in [4.78, 5) is 2.46. The minimum Gasteiger partial charge on any atom is -0.384 e. The van der Waals surface area contributed by atoms with Gasteiger partial charge in [0.1, 0.15) is 0 Å². The molecule has 1 N–H and O–H groups in total. The molecule has 1 aliphatic rings. The van der Waals surface area contributed by atoms with Crippen molar-refractivity contribution in [2.75, 3.05) is 45.2 Å². The van der Waals surface area contributed by atoms with Crippen LogP contribution < -0.4 is 5.32 Å². The van der Waals surface area contributed by atoms with Crippen molar-refractivity contribution in [2.24, 2.45) is 0 Å². The summed E-state index contributed by atoms with van der Waals surface area (Å²) < 4.78 is 5.15. The molecule has 1 aromatic carbocycles. The lowest BCUT2D eigenvalue weighted by molar-refractivity contribution is 0.149. The zero-order valence-corrected chi connectivity index (χ0v) is 11.5. The predicted molar refractivity (Wildman–Crippen MR) is 76.3 cm³/mol. The molecule has 0 aromatic heterocycles. The van der Waals surface area contributed by atoms with Crippen molar-refractivity contribution in [2.45, 2.75) is 19.3 Å². The van der Waals surface area contributed by atoms with Crippen molar-refractivity contribution in [3.8, 4) is 0 Å². The summed E-state index contributed by atoms with van der Waals surface area (Å²) in [6.45, 7) is 7.42. The Bertz CT molecular complexity index is 367. The minimum atomic E-state index is 0.665. The number of anilines is 1. The highest BCUT2D eigenvalue weighted by Crippen LogP contribution is 2.33. The Kier molecular flexibility index (Phi) is 5.02. The first-order chi connectivity index (χ1) is 8.85. The SMILES string of the molecule is CCN(CCOC)CCC1CNc2ccccc21. The standard InChI is InChI=1S/C15H24N2O/c1-3-17(10-11-18-2)9-8-13-12-16-15-7-5-4-6-14(13)15/h4-7,13,16H,3,8-12H2,1-2H3. The van der Waals surface area contributed by atoms with E-state index in [2.05, 4.69) is 41.4 Å². The smallest absolute Gasteiger partial charge is 0.0589 e. The van der Waals surface area contributed by atoms with Gasteiger partial charge in [0.05, 0.1) is 6.61 Å². The predicted octanol–water partition coefficient (Wildman–Crippen LogP) is 2.55. The highest BCUT2D eigenvalue weighted by atomic mass is 16.5. The Hall–Kier alpha value is -1.06. The fourth-order valence-electron chi connectivity index (χ4n) is 2.60. The average Bonchev–Trinajstić information content (AvgIpc) is 2.82. The molecule has 0 spiro atoms. The maximum atomic E-state index is 5.15. The molecule has 0 saturated heterocycles. The third-order valence-electron chi connectivity index (χ3n) is 3.79. The second-order valence-corrected chi connectivity index (χ2v) is 4.88. The maximum Gasteiger partial charge on any atom is 0.0589 e. The number of nitrogens with zero attached hydrogens (tertiary/aromatic N) is 1. The van der Waals surface area contributed by atoms with E-state index in [0.717, 1.165) is 32.8 Å². The molecular formula is C15H24N2O. The third-order valence-corrected chi connectivity index (χ3v) is 3.79. The van der Waals surface area contributed by atoms with Crippen LogP contribution in [0, 0.1) is 0 Å². The number of likely N-dealkylation sites (N-methyl/N-ethyl adjacent to an activating group) is 1. The van der Waals surface area contributed by atoms with Crippen LogP contribution in [-0.2, 0) is 4.74 Å². The van der Waals surface area contributed by atoms with Gasteiger partial charge in [0.15, 0.2) is 0 Å². The van der Waals surface area contributed by atoms with Crippen LogP contribution >= 0.6 is 0 Å². The van der Waals surface area contributed by atoms with E-state index in [-0.39, 0.29) is 0 Å². The first-order valence-corrected chi connectivity index (χ1v) is 6.89. The Morgan fingerprint density at radius 3 is 2.94 bits per heavy atom. The van der Waals surface area contributed by atoms with E-state index in [1.165, 1.54) is 17.7 Å². The molecule has 1 unspecified atom stereocenters. The van der Waals surface area contributed by atoms with Crippen LogP contribution in [0.1, 0.15) is 24.8 Å². The molecule has 1 aromatic rings. The molecule has 2 rings (SSSR count). The summed E-state index contributed by atoms with van der Waals surface area (Å²) in [5.41, 5.74) is 2.81. The van der Waals surface area contributed by atoms with Gasteiger partial charge in [0.2, 0.25) is 0 Å². The average molecular weight is 248 g/mol. The first kappa shape index (κ1) is 13.4. The highest BCUT2D eigenvalue weighted by molar-refractivity contribution is 5.57. The quantitative estimate of drug-likeness (QED) is 0.802. The van der Waals surface area contributed by atoms with Crippen LogP contribution in [0.4, 0.5) is 5.69 Å². The van der Waals surface area contributed by atoms with E-state index in [1.807, 2.05) is 0 Å². The summed E-state index contributed by atoms with van der Waals surface area (Å²) >= 11 is 0. The second-order valence-electron chi connectivity index (χ2n) is 4.88. The lowest BCUT2D eigenvalue weighted by atomic mass is 9.98. The Morgan fingerprint density at radius 2 is 2.17 bits per heavy atom. The number of rotatable bonds is 7. The van der Waals surface area contributed by atoms with Gasteiger partial charge in [-0.15, -0.1) is 0 Å². The Labute approximate surface area is 110 Å². The van der Waals surface area contributed by atoms with Crippen LogP contribution in [0.15, 0.2) is 24.3 Å². The van der Waals surface area contributed by atoms with Crippen molar-refractivity contribution < 1.29 is 4.74 Å². The highest BCUT2D eigenvalue weighted by Gasteiger charge is 2.21. The number of hydrogen-bond acceptors (Lipinski definition) is 3. The van der Waals surface area contributed by atoms with Gasteiger partial charge in [0.25, 0.3) is 0 Å². The molecule has 100 valence electrons. The largest absolute Gasteiger partial charge is 0.384 e. The number of fused-ring (bicyclic) bond motifs is 1. The van der Waals surface area contributed by atoms with Crippen LogP contribution in [0.25, 0.3) is 0 Å². The summed E-state index contributed by atoms with van der Waals surface area (Å²) in [5, 5.41) is 3.49. The second kappa shape index (κ2) is 6.76. The Morgan fingerprint density at radius 1 is 1.33 bits per heavy atom. The topological polar surface area (TPSA) is 24.5 Å². The van der Waals surface area contributed by atoms with Crippen LogP contribution in [0.3, 0.4) is 0 Å². The summed E-state index contributed by atoms with van der Waals surface area (Å²) in [5.74, 6) is 0.665. The first-order valence-electron chi connectivity index (χ1n) is 6.89. The summed E-state index contributed by atoms with van der Waals surface area (Å²) in [7, 11) is 1.77. The van der Waals surface area contributed by atoms with Crippen LogP contribution in [-0.4, -0.2) is 44.8 Å². The number of para-hydroxylation sites is 1. The zero-order valence-electron chi connectivity index (χ0n) is 11.5. The van der Waals surface area contributed by atoms with Gasteiger partial charge in [-0.25, -0.2) is 0 Å². The third kappa shape index (κ3) is 3.24. The van der Waals surface area contributed by atoms with E-state index in [4.69, 9.17) is 4.74 Å². The molecular weight excluding hydrogens is 224 g/mol. The molecule has 0 saturated carbocycles.